The normalized spacial score (nSPS) is 14.0. The first-order valence-corrected chi connectivity index (χ1v) is 7.97. The molecule has 122 valence electrons. The summed E-state index contributed by atoms with van der Waals surface area (Å²) in [6.07, 6.45) is 2.45. The molecule has 1 aromatic carbocycles. The highest BCUT2D eigenvalue weighted by atomic mass is 16.5. The lowest BCUT2D eigenvalue weighted by Crippen LogP contribution is -2.14. The minimum Gasteiger partial charge on any atom is -0.361 e. The molecule has 0 unspecified atom stereocenters. The molecule has 1 fully saturated rings. The fourth-order valence-corrected chi connectivity index (χ4v) is 2.85. The Morgan fingerprint density at radius 3 is 2.96 bits per heavy atom. The standard InChI is InChI=1S/C18H17N3O3/c1-10-6-17(22)20-15-5-4-12(7-14(10)15)19-18(23)9-13-8-16(21-24-13)11-2-3-11/h4-8,11H,2-3,9H2,1H3,(H,19,23)(H,20,22). The van der Waals surface area contributed by atoms with Gasteiger partial charge < -0.3 is 14.8 Å². The Balaban J connectivity index is 1.50. The number of H-pyrrole nitrogens is 1. The van der Waals surface area contributed by atoms with E-state index < -0.39 is 0 Å². The molecule has 6 heteroatoms. The number of aromatic nitrogens is 2. The van der Waals surface area contributed by atoms with Crippen LogP contribution in [0.15, 0.2) is 39.6 Å². The van der Waals surface area contributed by atoms with Crippen molar-refractivity contribution in [1.29, 1.82) is 0 Å². The van der Waals surface area contributed by atoms with E-state index in [9.17, 15) is 9.59 Å². The molecule has 0 aliphatic heterocycles. The lowest BCUT2D eigenvalue weighted by molar-refractivity contribution is -0.115. The molecule has 0 spiro atoms. The molecule has 0 radical (unpaired) electrons. The van der Waals surface area contributed by atoms with Gasteiger partial charge in [-0.3, -0.25) is 9.59 Å². The minimum atomic E-state index is -0.157. The zero-order chi connectivity index (χ0) is 16.7. The van der Waals surface area contributed by atoms with E-state index in [1.165, 1.54) is 0 Å². The third-order valence-electron chi connectivity index (χ3n) is 4.24. The number of nitrogens with zero attached hydrogens (tertiary/aromatic N) is 1. The summed E-state index contributed by atoms with van der Waals surface area (Å²) in [4.78, 5) is 26.5. The SMILES string of the molecule is Cc1cc(=O)[nH]c2ccc(NC(=O)Cc3cc(C4CC4)no3)cc12. The second-order valence-electron chi connectivity index (χ2n) is 6.29. The van der Waals surface area contributed by atoms with Crippen molar-refractivity contribution in [3.8, 4) is 0 Å². The first-order valence-electron chi connectivity index (χ1n) is 7.97. The van der Waals surface area contributed by atoms with Crippen LogP contribution < -0.4 is 10.9 Å². The van der Waals surface area contributed by atoms with Crippen LogP contribution >= 0.6 is 0 Å². The predicted octanol–water partition coefficient (Wildman–Crippen LogP) is 2.88. The summed E-state index contributed by atoms with van der Waals surface area (Å²) in [6, 6.07) is 8.83. The molecule has 2 heterocycles. The average molecular weight is 323 g/mol. The Morgan fingerprint density at radius 1 is 1.33 bits per heavy atom. The maximum atomic E-state index is 12.2. The molecular formula is C18H17N3O3. The Labute approximate surface area is 137 Å². The number of rotatable bonds is 4. The summed E-state index contributed by atoms with van der Waals surface area (Å²) >= 11 is 0. The fraction of sp³-hybridized carbons (Fsp3) is 0.278. The molecule has 4 rings (SSSR count). The average Bonchev–Trinajstić information content (AvgIpc) is 3.28. The molecule has 0 bridgehead atoms. The number of hydrogen-bond donors (Lipinski definition) is 2. The van der Waals surface area contributed by atoms with Gasteiger partial charge in [0.1, 0.15) is 5.76 Å². The lowest BCUT2D eigenvalue weighted by Gasteiger charge is -2.07. The van der Waals surface area contributed by atoms with Crippen molar-refractivity contribution in [1.82, 2.24) is 10.1 Å². The molecule has 3 aromatic rings. The van der Waals surface area contributed by atoms with Gasteiger partial charge in [-0.05, 0) is 43.5 Å². The van der Waals surface area contributed by atoms with Crippen LogP contribution in [-0.2, 0) is 11.2 Å². The van der Waals surface area contributed by atoms with Crippen LogP contribution in [0.25, 0.3) is 10.9 Å². The lowest BCUT2D eigenvalue weighted by atomic mass is 10.1. The van der Waals surface area contributed by atoms with Gasteiger partial charge in [0.25, 0.3) is 0 Å². The third kappa shape index (κ3) is 2.95. The fourth-order valence-electron chi connectivity index (χ4n) is 2.85. The number of hydrogen-bond acceptors (Lipinski definition) is 4. The maximum absolute atomic E-state index is 12.2. The predicted molar refractivity (Wildman–Crippen MR) is 90.1 cm³/mol. The van der Waals surface area contributed by atoms with Gasteiger partial charge in [-0.15, -0.1) is 0 Å². The van der Waals surface area contributed by atoms with Crippen LogP contribution in [-0.4, -0.2) is 16.0 Å². The Kier molecular flexibility index (Phi) is 3.45. The van der Waals surface area contributed by atoms with E-state index in [0.29, 0.717) is 17.4 Å². The van der Waals surface area contributed by atoms with E-state index in [2.05, 4.69) is 15.5 Å². The van der Waals surface area contributed by atoms with Gasteiger partial charge in [-0.2, -0.15) is 0 Å². The maximum Gasteiger partial charge on any atom is 0.248 e. The van der Waals surface area contributed by atoms with Crippen molar-refractivity contribution in [3.05, 3.63) is 57.7 Å². The number of carbonyl (C=O) groups excluding carboxylic acids is 1. The van der Waals surface area contributed by atoms with Crippen LogP contribution in [0.2, 0.25) is 0 Å². The van der Waals surface area contributed by atoms with E-state index in [-0.39, 0.29) is 17.9 Å². The van der Waals surface area contributed by atoms with Crippen LogP contribution in [0.4, 0.5) is 5.69 Å². The molecular weight excluding hydrogens is 306 g/mol. The quantitative estimate of drug-likeness (QED) is 0.773. The molecule has 1 saturated carbocycles. The Bertz CT molecular complexity index is 983. The summed E-state index contributed by atoms with van der Waals surface area (Å²) in [5, 5.41) is 7.78. The van der Waals surface area contributed by atoms with Gasteiger partial charge in [0.05, 0.1) is 12.1 Å². The summed E-state index contributed by atoms with van der Waals surface area (Å²) < 4.78 is 5.23. The molecule has 1 aliphatic rings. The number of aryl methyl sites for hydroxylation is 1. The van der Waals surface area contributed by atoms with Gasteiger partial charge in [0.2, 0.25) is 11.5 Å². The summed E-state index contributed by atoms with van der Waals surface area (Å²) in [6.45, 7) is 1.87. The molecule has 6 nitrogen and oxygen atoms in total. The zero-order valence-electron chi connectivity index (χ0n) is 13.3. The number of aromatic amines is 1. The molecule has 2 N–H and O–H groups in total. The van der Waals surface area contributed by atoms with E-state index in [1.54, 1.807) is 18.2 Å². The largest absolute Gasteiger partial charge is 0.361 e. The highest BCUT2D eigenvalue weighted by molar-refractivity contribution is 5.95. The molecule has 0 atom stereocenters. The van der Waals surface area contributed by atoms with Crippen LogP contribution in [0.1, 0.15) is 35.8 Å². The van der Waals surface area contributed by atoms with Crippen LogP contribution in [0.3, 0.4) is 0 Å². The molecule has 2 aromatic heterocycles. The van der Waals surface area contributed by atoms with Gasteiger partial charge in [-0.1, -0.05) is 5.16 Å². The van der Waals surface area contributed by atoms with Gasteiger partial charge >= 0.3 is 0 Å². The smallest absolute Gasteiger partial charge is 0.248 e. The second-order valence-corrected chi connectivity index (χ2v) is 6.29. The number of pyridine rings is 1. The van der Waals surface area contributed by atoms with Gasteiger partial charge in [0, 0.05) is 34.6 Å². The van der Waals surface area contributed by atoms with Crippen LogP contribution in [0.5, 0.6) is 0 Å². The number of carbonyl (C=O) groups is 1. The number of amides is 1. The topological polar surface area (TPSA) is 88.0 Å². The van der Waals surface area contributed by atoms with Crippen molar-refractivity contribution in [3.63, 3.8) is 0 Å². The minimum absolute atomic E-state index is 0.131. The van der Waals surface area contributed by atoms with Crippen molar-refractivity contribution in [2.24, 2.45) is 0 Å². The van der Waals surface area contributed by atoms with Crippen molar-refractivity contribution in [2.75, 3.05) is 5.32 Å². The first-order chi connectivity index (χ1) is 11.6. The number of anilines is 1. The van der Waals surface area contributed by atoms with E-state index >= 15 is 0 Å². The monoisotopic (exact) mass is 323 g/mol. The van der Waals surface area contributed by atoms with Crippen molar-refractivity contribution < 1.29 is 9.32 Å². The highest BCUT2D eigenvalue weighted by Gasteiger charge is 2.27. The highest BCUT2D eigenvalue weighted by Crippen LogP contribution is 2.39. The summed E-state index contributed by atoms with van der Waals surface area (Å²) in [7, 11) is 0. The Morgan fingerprint density at radius 2 is 2.17 bits per heavy atom. The zero-order valence-corrected chi connectivity index (χ0v) is 13.3. The van der Waals surface area contributed by atoms with E-state index in [4.69, 9.17) is 4.52 Å². The van der Waals surface area contributed by atoms with E-state index in [0.717, 1.165) is 35.0 Å². The van der Waals surface area contributed by atoms with Crippen molar-refractivity contribution in [2.45, 2.75) is 32.1 Å². The van der Waals surface area contributed by atoms with E-state index in [1.807, 2.05) is 19.1 Å². The summed E-state index contributed by atoms with van der Waals surface area (Å²) in [5.74, 6) is 0.932. The molecule has 0 saturated heterocycles. The second kappa shape index (κ2) is 5.63. The van der Waals surface area contributed by atoms with Crippen molar-refractivity contribution >= 4 is 22.5 Å². The molecule has 1 amide bonds. The molecule has 1 aliphatic carbocycles. The number of benzene rings is 1. The summed E-state index contributed by atoms with van der Waals surface area (Å²) in [5.41, 5.74) is 3.12. The van der Waals surface area contributed by atoms with Gasteiger partial charge in [-0.25, -0.2) is 0 Å². The third-order valence-corrected chi connectivity index (χ3v) is 4.24. The first kappa shape index (κ1) is 14.7. The number of nitrogens with one attached hydrogen (secondary N) is 2. The Hall–Kier alpha value is -2.89. The van der Waals surface area contributed by atoms with Gasteiger partial charge in [0.15, 0.2) is 0 Å². The van der Waals surface area contributed by atoms with Crippen LogP contribution in [0, 0.1) is 6.92 Å². The molecule has 24 heavy (non-hydrogen) atoms. The number of fused-ring (bicyclic) bond motifs is 1.